The van der Waals surface area contributed by atoms with Crippen molar-refractivity contribution in [2.75, 3.05) is 13.1 Å². The maximum atomic E-state index is 13.2. The first-order chi connectivity index (χ1) is 14.7. The molecular formula is C23H28N4O3S. The van der Waals surface area contributed by atoms with Crippen molar-refractivity contribution < 1.29 is 13.2 Å². The van der Waals surface area contributed by atoms with Crippen LogP contribution in [0.3, 0.4) is 0 Å². The summed E-state index contributed by atoms with van der Waals surface area (Å²) in [6, 6.07) is 12.7. The molecule has 3 aromatic rings. The number of likely N-dealkylation sites (tertiary alicyclic amines) is 1. The Hall–Kier alpha value is -2.68. The Labute approximate surface area is 183 Å². The van der Waals surface area contributed by atoms with Crippen molar-refractivity contribution in [1.82, 2.24) is 14.0 Å². The summed E-state index contributed by atoms with van der Waals surface area (Å²) < 4.78 is 27.2. The molecule has 1 aromatic carbocycles. The summed E-state index contributed by atoms with van der Waals surface area (Å²) in [5.41, 5.74) is 4.51. The molecule has 7 nitrogen and oxygen atoms in total. The zero-order chi connectivity index (χ0) is 22.3. The topological polar surface area (TPSA) is 90.3 Å². The number of aryl methyl sites for hydroxylation is 2. The van der Waals surface area contributed by atoms with Crippen LogP contribution in [-0.4, -0.2) is 41.3 Å². The quantitative estimate of drug-likeness (QED) is 0.597. The molecule has 1 saturated heterocycles. The van der Waals surface area contributed by atoms with Crippen LogP contribution in [0.15, 0.2) is 53.6 Å². The molecule has 164 valence electrons. The van der Waals surface area contributed by atoms with E-state index < -0.39 is 10.0 Å². The van der Waals surface area contributed by atoms with Gasteiger partial charge < -0.3 is 9.13 Å². The van der Waals surface area contributed by atoms with Gasteiger partial charge in [-0.2, -0.15) is 0 Å². The van der Waals surface area contributed by atoms with Crippen LogP contribution in [0, 0.1) is 13.8 Å². The van der Waals surface area contributed by atoms with Gasteiger partial charge in [-0.15, -0.1) is 0 Å². The number of rotatable bonds is 6. The number of benzene rings is 1. The fourth-order valence-corrected chi connectivity index (χ4v) is 5.18. The number of carbonyl (C=O) groups excluding carboxylic acids is 1. The summed E-state index contributed by atoms with van der Waals surface area (Å²) >= 11 is 0. The highest BCUT2D eigenvalue weighted by Crippen LogP contribution is 2.32. The van der Waals surface area contributed by atoms with Crippen LogP contribution in [0.4, 0.5) is 0 Å². The number of hydrogen-bond acceptors (Lipinski definition) is 4. The van der Waals surface area contributed by atoms with E-state index >= 15 is 0 Å². The highest BCUT2D eigenvalue weighted by molar-refractivity contribution is 7.89. The van der Waals surface area contributed by atoms with E-state index in [1.165, 1.54) is 17.8 Å². The lowest BCUT2D eigenvalue weighted by Gasteiger charge is -2.24. The molecule has 1 atom stereocenters. The van der Waals surface area contributed by atoms with Gasteiger partial charge in [-0.05, 0) is 75.7 Å². The number of aromatic nitrogens is 2. The zero-order valence-electron chi connectivity index (χ0n) is 18.1. The normalized spacial score (nSPS) is 17.4. The molecule has 1 aliphatic heterocycles. The van der Waals surface area contributed by atoms with Gasteiger partial charge in [0.15, 0.2) is 5.78 Å². The lowest BCUT2D eigenvalue weighted by molar-refractivity contribution is 0.0919. The first-order valence-electron chi connectivity index (χ1n) is 10.4. The lowest BCUT2D eigenvalue weighted by atomic mass is 10.1. The van der Waals surface area contributed by atoms with E-state index in [1.807, 2.05) is 43.8 Å². The molecule has 1 unspecified atom stereocenters. The van der Waals surface area contributed by atoms with Gasteiger partial charge in [0.2, 0.25) is 10.0 Å². The zero-order valence-corrected chi connectivity index (χ0v) is 18.9. The van der Waals surface area contributed by atoms with Crippen LogP contribution in [0.25, 0.3) is 5.69 Å². The second-order valence-corrected chi connectivity index (χ2v) is 9.82. The molecule has 0 amide bonds. The summed E-state index contributed by atoms with van der Waals surface area (Å²) in [6.45, 7) is 5.16. The summed E-state index contributed by atoms with van der Waals surface area (Å²) in [5, 5.41) is 5.20. The molecule has 0 spiro atoms. The molecule has 2 N–H and O–H groups in total. The molecule has 0 radical (unpaired) electrons. The number of primary sulfonamides is 1. The van der Waals surface area contributed by atoms with Crippen molar-refractivity contribution in [3.8, 4) is 5.69 Å². The Balaban J connectivity index is 1.58. The van der Waals surface area contributed by atoms with Crippen molar-refractivity contribution >= 4 is 15.8 Å². The van der Waals surface area contributed by atoms with E-state index in [2.05, 4.69) is 15.5 Å². The van der Waals surface area contributed by atoms with Crippen molar-refractivity contribution in [2.45, 2.75) is 37.6 Å². The molecule has 0 saturated carbocycles. The molecule has 0 aliphatic carbocycles. The Morgan fingerprint density at radius 3 is 2.48 bits per heavy atom. The van der Waals surface area contributed by atoms with Crippen LogP contribution in [0.5, 0.6) is 0 Å². The van der Waals surface area contributed by atoms with Crippen molar-refractivity contribution in [3.05, 3.63) is 71.3 Å². The van der Waals surface area contributed by atoms with Gasteiger partial charge in [0, 0.05) is 41.6 Å². The van der Waals surface area contributed by atoms with Gasteiger partial charge in [-0.1, -0.05) is 0 Å². The van der Waals surface area contributed by atoms with E-state index in [0.29, 0.717) is 12.1 Å². The van der Waals surface area contributed by atoms with Crippen molar-refractivity contribution in [3.63, 3.8) is 0 Å². The van der Waals surface area contributed by atoms with Gasteiger partial charge in [0.25, 0.3) is 0 Å². The Morgan fingerprint density at radius 2 is 1.87 bits per heavy atom. The minimum absolute atomic E-state index is 0.0655. The van der Waals surface area contributed by atoms with Gasteiger partial charge in [0.05, 0.1) is 17.5 Å². The first kappa shape index (κ1) is 21.5. The number of Topliss-reactive ketones (excluding diaryl/α,β-unsaturated/α-hetero) is 1. The largest absolute Gasteiger partial charge is 0.353 e. The predicted molar refractivity (Wildman–Crippen MR) is 120 cm³/mol. The summed E-state index contributed by atoms with van der Waals surface area (Å²) in [4.78, 5) is 15.6. The second kappa shape index (κ2) is 8.11. The smallest absolute Gasteiger partial charge is 0.238 e. The minimum atomic E-state index is -3.74. The van der Waals surface area contributed by atoms with E-state index in [9.17, 15) is 13.2 Å². The molecule has 31 heavy (non-hydrogen) atoms. The van der Waals surface area contributed by atoms with Crippen LogP contribution in [-0.2, 0) is 17.1 Å². The van der Waals surface area contributed by atoms with Gasteiger partial charge in [0.1, 0.15) is 0 Å². The van der Waals surface area contributed by atoms with Gasteiger partial charge in [-0.3, -0.25) is 9.69 Å². The van der Waals surface area contributed by atoms with E-state index in [4.69, 9.17) is 5.14 Å². The molecular weight excluding hydrogens is 412 g/mol. The predicted octanol–water partition coefficient (Wildman–Crippen LogP) is 3.10. The third-order valence-corrected chi connectivity index (χ3v) is 7.12. The highest BCUT2D eigenvalue weighted by Gasteiger charge is 2.30. The summed E-state index contributed by atoms with van der Waals surface area (Å²) in [7, 11) is -1.70. The number of hydrogen-bond donors (Lipinski definition) is 1. The average molecular weight is 441 g/mol. The van der Waals surface area contributed by atoms with Crippen LogP contribution in [0.1, 0.15) is 46.3 Å². The average Bonchev–Trinajstić information content (AvgIpc) is 3.40. The number of nitrogens with zero attached hydrogens (tertiary/aromatic N) is 3. The minimum Gasteiger partial charge on any atom is -0.353 e. The fraction of sp³-hybridized carbons (Fsp3) is 0.348. The Morgan fingerprint density at radius 1 is 1.16 bits per heavy atom. The summed E-state index contributed by atoms with van der Waals surface area (Å²) in [5.74, 6) is 0.0987. The molecule has 2 aromatic heterocycles. The highest BCUT2D eigenvalue weighted by atomic mass is 32.2. The third-order valence-electron chi connectivity index (χ3n) is 6.19. The standard InChI is InChI=1S/C23H28N4O3S/c1-16-14-20(17(2)27(16)18-8-10-19(11-9-18)31(24,29)30)23(28)15-26-13-5-7-22(26)21-6-4-12-25(21)3/h4,6,8-12,14,22H,5,7,13,15H2,1-3H3,(H2,24,29,30). The monoisotopic (exact) mass is 440 g/mol. The molecule has 0 bridgehead atoms. The maximum Gasteiger partial charge on any atom is 0.238 e. The number of nitrogens with two attached hydrogens (primary N) is 1. The van der Waals surface area contributed by atoms with E-state index in [0.717, 1.165) is 36.5 Å². The fourth-order valence-electron chi connectivity index (χ4n) is 4.67. The lowest BCUT2D eigenvalue weighted by Crippen LogP contribution is -2.30. The van der Waals surface area contributed by atoms with E-state index in [1.54, 1.807) is 12.1 Å². The first-order valence-corrected chi connectivity index (χ1v) is 11.9. The third kappa shape index (κ3) is 4.11. The SMILES string of the molecule is Cc1cc(C(=O)CN2CCCC2c2cccn2C)c(C)n1-c1ccc(S(N)(=O)=O)cc1. The van der Waals surface area contributed by atoms with Crippen LogP contribution < -0.4 is 5.14 Å². The van der Waals surface area contributed by atoms with Gasteiger partial charge in [-0.25, -0.2) is 13.6 Å². The molecule has 3 heterocycles. The molecule has 1 fully saturated rings. The van der Waals surface area contributed by atoms with E-state index in [-0.39, 0.29) is 16.7 Å². The maximum absolute atomic E-state index is 13.2. The second-order valence-electron chi connectivity index (χ2n) is 8.25. The number of sulfonamides is 1. The van der Waals surface area contributed by atoms with Crippen LogP contribution >= 0.6 is 0 Å². The Kier molecular flexibility index (Phi) is 5.63. The molecule has 4 rings (SSSR count). The number of ketones is 1. The summed E-state index contributed by atoms with van der Waals surface area (Å²) in [6.07, 6.45) is 4.18. The number of carbonyl (C=O) groups is 1. The molecule has 1 aliphatic rings. The molecule has 8 heteroatoms. The van der Waals surface area contributed by atoms with Crippen molar-refractivity contribution in [2.24, 2.45) is 12.2 Å². The Bertz CT molecular complexity index is 1220. The van der Waals surface area contributed by atoms with Crippen molar-refractivity contribution in [1.29, 1.82) is 0 Å². The van der Waals surface area contributed by atoms with Gasteiger partial charge >= 0.3 is 0 Å². The van der Waals surface area contributed by atoms with Crippen LogP contribution in [0.2, 0.25) is 0 Å².